The molecule has 0 radical (unpaired) electrons. The van der Waals surface area contributed by atoms with Crippen LogP contribution >= 0.6 is 0 Å². The van der Waals surface area contributed by atoms with Crippen molar-refractivity contribution in [2.24, 2.45) is 10.7 Å². The van der Waals surface area contributed by atoms with E-state index >= 15 is 0 Å². The number of carbonyl (C=O) groups is 2. The van der Waals surface area contributed by atoms with Gasteiger partial charge < -0.3 is 11.1 Å². The van der Waals surface area contributed by atoms with Gasteiger partial charge in [0, 0.05) is 19.3 Å². The van der Waals surface area contributed by atoms with Gasteiger partial charge >= 0.3 is 12.2 Å². The van der Waals surface area contributed by atoms with Gasteiger partial charge in [0.2, 0.25) is 5.91 Å². The van der Waals surface area contributed by atoms with Crippen molar-refractivity contribution in [3.63, 3.8) is 0 Å². The normalized spacial score (nSPS) is 22.3. The molecule has 10 heteroatoms. The predicted octanol–water partition coefficient (Wildman–Crippen LogP) is 2.93. The van der Waals surface area contributed by atoms with E-state index in [1.54, 1.807) is 31.2 Å². The summed E-state index contributed by atoms with van der Waals surface area (Å²) in [5.41, 5.74) is 4.71. The number of hydrogen-bond donors (Lipinski definition) is 2. The molecule has 0 aliphatic carbocycles. The lowest BCUT2D eigenvalue weighted by Gasteiger charge is -2.34. The molecular formula is C19H20F3N5O2. The molecule has 3 rings (SSSR count). The van der Waals surface area contributed by atoms with Gasteiger partial charge in [0.15, 0.2) is 5.96 Å². The summed E-state index contributed by atoms with van der Waals surface area (Å²) in [4.78, 5) is 30.9. The van der Waals surface area contributed by atoms with Crippen LogP contribution in [0.15, 0.2) is 53.2 Å². The van der Waals surface area contributed by atoms with E-state index in [1.807, 2.05) is 0 Å². The third kappa shape index (κ3) is 4.10. The number of urea groups is 1. The van der Waals surface area contributed by atoms with Gasteiger partial charge in [0.05, 0.1) is 12.0 Å². The first-order chi connectivity index (χ1) is 13.5. The predicted molar refractivity (Wildman–Crippen MR) is 102 cm³/mol. The lowest BCUT2D eigenvalue weighted by molar-refractivity contribution is -0.128. The highest BCUT2D eigenvalue weighted by Crippen LogP contribution is 2.34. The number of nitrogens with one attached hydrogen (secondary N) is 1. The van der Waals surface area contributed by atoms with E-state index in [0.29, 0.717) is 10.5 Å². The molecule has 2 aliphatic rings. The summed E-state index contributed by atoms with van der Waals surface area (Å²) in [6, 6.07) is 5.55. The third-order valence-electron chi connectivity index (χ3n) is 4.81. The van der Waals surface area contributed by atoms with Crippen LogP contribution in [0.2, 0.25) is 0 Å². The zero-order chi connectivity index (χ0) is 21.4. The standard InChI is InChI=1S/C19H20F3N5O2/c1-18(11-15(28)26(2)16(23)25-18)12-6-5-7-13(10-12)24-17(29)27-9-4-3-8-14(27)19(20,21)22/h3-8,10H,9,11H2,1-2H3,(H2,23,25)(H,24,29)/t18-/m0/s1. The number of halogens is 3. The smallest absolute Gasteiger partial charge is 0.369 e. The van der Waals surface area contributed by atoms with E-state index in [-0.39, 0.29) is 30.5 Å². The molecular weight excluding hydrogens is 387 g/mol. The molecule has 154 valence electrons. The van der Waals surface area contributed by atoms with Crippen molar-refractivity contribution in [1.82, 2.24) is 9.80 Å². The van der Waals surface area contributed by atoms with E-state index < -0.39 is 23.4 Å². The maximum atomic E-state index is 13.2. The Hall–Kier alpha value is -3.30. The second-order valence-electron chi connectivity index (χ2n) is 6.97. The number of guanidine groups is 1. The first-order valence-corrected chi connectivity index (χ1v) is 8.76. The summed E-state index contributed by atoms with van der Waals surface area (Å²) in [5.74, 6) is -0.146. The minimum absolute atomic E-state index is 0.0678. The molecule has 7 nitrogen and oxygen atoms in total. The second-order valence-corrected chi connectivity index (χ2v) is 6.97. The molecule has 1 atom stereocenters. The Bertz CT molecular complexity index is 938. The van der Waals surface area contributed by atoms with E-state index in [9.17, 15) is 22.8 Å². The van der Waals surface area contributed by atoms with E-state index in [0.717, 1.165) is 6.08 Å². The Labute approximate surface area is 165 Å². The lowest BCUT2D eigenvalue weighted by atomic mass is 9.87. The molecule has 0 saturated heterocycles. The Balaban J connectivity index is 1.84. The van der Waals surface area contributed by atoms with Gasteiger partial charge in [0.25, 0.3) is 0 Å². The highest BCUT2D eigenvalue weighted by Gasteiger charge is 2.40. The molecule has 1 aromatic rings. The fourth-order valence-electron chi connectivity index (χ4n) is 3.15. The highest BCUT2D eigenvalue weighted by molar-refractivity contribution is 5.99. The van der Waals surface area contributed by atoms with Gasteiger partial charge in [-0.1, -0.05) is 24.3 Å². The lowest BCUT2D eigenvalue weighted by Crippen LogP contribution is -2.47. The van der Waals surface area contributed by atoms with Crippen molar-refractivity contribution in [3.8, 4) is 0 Å². The minimum atomic E-state index is -4.65. The zero-order valence-corrected chi connectivity index (χ0v) is 15.8. The SMILES string of the molecule is CN1C(=O)C[C@@](C)(c2cccc(NC(=O)N3CC=CC=C3C(F)(F)F)c2)N=C1N. The number of amides is 3. The van der Waals surface area contributed by atoms with Crippen molar-refractivity contribution in [1.29, 1.82) is 0 Å². The van der Waals surface area contributed by atoms with Gasteiger partial charge in [-0.25, -0.2) is 9.79 Å². The largest absolute Gasteiger partial charge is 0.431 e. The van der Waals surface area contributed by atoms with Crippen molar-refractivity contribution in [2.75, 3.05) is 18.9 Å². The fourth-order valence-corrected chi connectivity index (χ4v) is 3.15. The minimum Gasteiger partial charge on any atom is -0.369 e. The maximum Gasteiger partial charge on any atom is 0.431 e. The monoisotopic (exact) mass is 407 g/mol. The van der Waals surface area contributed by atoms with Crippen LogP contribution in [0.1, 0.15) is 18.9 Å². The Morgan fingerprint density at radius 2 is 2.07 bits per heavy atom. The summed E-state index contributed by atoms with van der Waals surface area (Å²) in [6.45, 7) is 1.53. The number of allylic oxidation sites excluding steroid dienone is 3. The number of nitrogens with zero attached hydrogens (tertiary/aromatic N) is 3. The molecule has 3 amide bonds. The summed E-state index contributed by atoms with van der Waals surface area (Å²) in [7, 11) is 1.52. The van der Waals surface area contributed by atoms with Gasteiger partial charge in [-0.2, -0.15) is 13.2 Å². The number of carbonyl (C=O) groups excluding carboxylic acids is 2. The quantitative estimate of drug-likeness (QED) is 0.790. The van der Waals surface area contributed by atoms with Crippen LogP contribution in [0, 0.1) is 0 Å². The summed E-state index contributed by atoms with van der Waals surface area (Å²) >= 11 is 0. The van der Waals surface area contributed by atoms with Crippen molar-refractivity contribution >= 4 is 23.6 Å². The molecule has 0 fully saturated rings. The molecule has 2 aliphatic heterocycles. The molecule has 1 aromatic carbocycles. The molecule has 29 heavy (non-hydrogen) atoms. The first-order valence-electron chi connectivity index (χ1n) is 8.76. The zero-order valence-electron chi connectivity index (χ0n) is 15.8. The van der Waals surface area contributed by atoms with Crippen molar-refractivity contribution < 1.29 is 22.8 Å². The van der Waals surface area contributed by atoms with Crippen molar-refractivity contribution in [3.05, 3.63) is 53.8 Å². The van der Waals surface area contributed by atoms with Crippen LogP contribution in [0.3, 0.4) is 0 Å². The third-order valence-corrected chi connectivity index (χ3v) is 4.81. The second kappa shape index (κ2) is 7.26. The Morgan fingerprint density at radius 1 is 1.34 bits per heavy atom. The van der Waals surface area contributed by atoms with Gasteiger partial charge in [0.1, 0.15) is 5.70 Å². The maximum absolute atomic E-state index is 13.2. The number of nitrogens with two attached hydrogens (primary N) is 1. The average Bonchev–Trinajstić information content (AvgIpc) is 2.65. The first kappa shape index (κ1) is 20.4. The van der Waals surface area contributed by atoms with E-state index in [1.165, 1.54) is 24.1 Å². The molecule has 0 unspecified atom stereocenters. The van der Waals surface area contributed by atoms with E-state index in [2.05, 4.69) is 10.3 Å². The van der Waals surface area contributed by atoms with E-state index in [4.69, 9.17) is 5.73 Å². The van der Waals surface area contributed by atoms with Gasteiger partial charge in [-0.15, -0.1) is 0 Å². The average molecular weight is 407 g/mol. The number of aliphatic imine (C=N–C) groups is 1. The van der Waals surface area contributed by atoms with Gasteiger partial charge in [-0.05, 0) is 30.7 Å². The summed E-state index contributed by atoms with van der Waals surface area (Å²) in [5, 5.41) is 2.48. The number of rotatable bonds is 2. The Kier molecular flexibility index (Phi) is 5.12. The number of anilines is 1. The fraction of sp³-hybridized carbons (Fsp3) is 0.316. The Morgan fingerprint density at radius 3 is 2.72 bits per heavy atom. The van der Waals surface area contributed by atoms with Crippen LogP contribution < -0.4 is 11.1 Å². The van der Waals surface area contributed by atoms with Crippen LogP contribution in [0.4, 0.5) is 23.7 Å². The number of alkyl halides is 3. The van der Waals surface area contributed by atoms with Crippen LogP contribution in [0.5, 0.6) is 0 Å². The topological polar surface area (TPSA) is 91.0 Å². The summed E-state index contributed by atoms with van der Waals surface area (Å²) in [6.07, 6.45) is -1.03. The summed E-state index contributed by atoms with van der Waals surface area (Å²) < 4.78 is 39.5. The molecule has 0 spiro atoms. The number of hydrogen-bond acceptors (Lipinski definition) is 4. The van der Waals surface area contributed by atoms with Crippen LogP contribution in [0.25, 0.3) is 0 Å². The molecule has 0 aromatic heterocycles. The molecule has 2 heterocycles. The molecule has 0 saturated carbocycles. The molecule has 0 bridgehead atoms. The van der Waals surface area contributed by atoms with Gasteiger partial charge in [-0.3, -0.25) is 14.6 Å². The van der Waals surface area contributed by atoms with Crippen LogP contribution in [-0.2, 0) is 10.3 Å². The molecule has 3 N–H and O–H groups in total. The number of benzene rings is 1. The van der Waals surface area contributed by atoms with Crippen LogP contribution in [-0.4, -0.2) is 47.5 Å². The highest BCUT2D eigenvalue weighted by atomic mass is 19.4. The van der Waals surface area contributed by atoms with Crippen molar-refractivity contribution in [2.45, 2.75) is 25.1 Å².